The first-order chi connectivity index (χ1) is 12.6. The molecule has 9 heteroatoms. The van der Waals surface area contributed by atoms with Crippen LogP contribution in [0.5, 0.6) is 0 Å². The zero-order chi connectivity index (χ0) is 19.8. The van der Waals surface area contributed by atoms with Gasteiger partial charge in [0.05, 0.1) is 22.6 Å². The molecule has 27 heavy (non-hydrogen) atoms. The molecular weight excluding hydrogens is 383 g/mol. The van der Waals surface area contributed by atoms with Gasteiger partial charge in [0.15, 0.2) is 0 Å². The summed E-state index contributed by atoms with van der Waals surface area (Å²) >= 11 is 0. The van der Waals surface area contributed by atoms with Crippen molar-refractivity contribution >= 4 is 21.7 Å². The summed E-state index contributed by atoms with van der Waals surface area (Å²) in [5, 5.41) is 8.94. The molecule has 144 valence electrons. The van der Waals surface area contributed by atoms with Gasteiger partial charge in [0.25, 0.3) is 10.0 Å². The Morgan fingerprint density at radius 2 is 1.85 bits per heavy atom. The van der Waals surface area contributed by atoms with Crippen LogP contribution in [0.4, 0.5) is 18.9 Å². The van der Waals surface area contributed by atoms with Crippen LogP contribution in [0.25, 0.3) is 0 Å². The van der Waals surface area contributed by atoms with E-state index in [1.165, 1.54) is 12.1 Å². The number of halogens is 3. The Labute approximate surface area is 154 Å². The van der Waals surface area contributed by atoms with E-state index < -0.39 is 32.6 Å². The molecule has 0 fully saturated rings. The summed E-state index contributed by atoms with van der Waals surface area (Å²) in [6.07, 6.45) is -4.10. The summed E-state index contributed by atoms with van der Waals surface area (Å²) in [6.45, 7) is 0.0258. The lowest BCUT2D eigenvalue weighted by atomic mass is 10.0. The number of sulfonamides is 1. The Balaban J connectivity index is 2.12. The molecule has 3 rings (SSSR count). The lowest BCUT2D eigenvalue weighted by Crippen LogP contribution is -2.36. The first-order valence-corrected chi connectivity index (χ1v) is 9.57. The Morgan fingerprint density at radius 1 is 1.15 bits per heavy atom. The number of benzene rings is 2. The molecule has 0 radical (unpaired) electrons. The molecule has 0 amide bonds. The standard InChI is InChI=1S/C18H16F3NO4S/c19-18(20,21)14-5-1-2-6-16(14)27(25,26)22-9-3-4-13-8-7-12(10-15(13)22)11-17(23)24/h1-2,5-8,10H,3-4,9,11H2,(H,23,24). The monoisotopic (exact) mass is 399 g/mol. The van der Waals surface area contributed by atoms with Crippen molar-refractivity contribution in [2.45, 2.75) is 30.3 Å². The quantitative estimate of drug-likeness (QED) is 0.854. The molecule has 0 saturated heterocycles. The largest absolute Gasteiger partial charge is 0.481 e. The Hall–Kier alpha value is -2.55. The third-order valence-corrected chi connectivity index (χ3v) is 6.21. The second kappa shape index (κ2) is 6.88. The molecular formula is C18H16F3NO4S. The minimum atomic E-state index is -4.81. The molecule has 5 nitrogen and oxygen atoms in total. The fourth-order valence-corrected chi connectivity index (χ4v) is 4.91. The minimum Gasteiger partial charge on any atom is -0.481 e. The van der Waals surface area contributed by atoms with Crippen LogP contribution in [0.15, 0.2) is 47.4 Å². The number of hydrogen-bond donors (Lipinski definition) is 1. The number of anilines is 1. The number of aryl methyl sites for hydroxylation is 1. The smallest absolute Gasteiger partial charge is 0.417 e. The van der Waals surface area contributed by atoms with Gasteiger partial charge in [0, 0.05) is 6.54 Å². The van der Waals surface area contributed by atoms with Gasteiger partial charge in [-0.1, -0.05) is 24.3 Å². The summed E-state index contributed by atoms with van der Waals surface area (Å²) in [5.41, 5.74) is 0.0479. The maximum atomic E-state index is 13.3. The normalized spacial score (nSPS) is 14.7. The van der Waals surface area contributed by atoms with Crippen LogP contribution in [-0.4, -0.2) is 26.0 Å². The van der Waals surface area contributed by atoms with Gasteiger partial charge in [0.2, 0.25) is 0 Å². The third kappa shape index (κ3) is 3.78. The summed E-state index contributed by atoms with van der Waals surface area (Å²) in [4.78, 5) is 10.1. The van der Waals surface area contributed by atoms with Crippen LogP contribution in [0.3, 0.4) is 0 Å². The van der Waals surface area contributed by atoms with Gasteiger partial charge in [-0.2, -0.15) is 13.2 Å². The molecule has 0 aromatic heterocycles. The molecule has 0 unspecified atom stereocenters. The number of carboxylic acid groups (broad SMARTS) is 1. The number of nitrogens with zero attached hydrogens (tertiary/aromatic N) is 1. The molecule has 0 spiro atoms. The maximum absolute atomic E-state index is 13.3. The molecule has 0 saturated carbocycles. The fraction of sp³-hybridized carbons (Fsp3) is 0.278. The average molecular weight is 399 g/mol. The highest BCUT2D eigenvalue weighted by Crippen LogP contribution is 2.38. The van der Waals surface area contributed by atoms with Crippen LogP contribution in [0, 0.1) is 0 Å². The Kier molecular flexibility index (Phi) is 4.90. The number of aliphatic carboxylic acids is 1. The highest BCUT2D eigenvalue weighted by atomic mass is 32.2. The zero-order valence-corrected chi connectivity index (χ0v) is 14.8. The summed E-state index contributed by atoms with van der Waals surface area (Å²) in [6, 6.07) is 8.70. The van der Waals surface area contributed by atoms with Gasteiger partial charge in [0.1, 0.15) is 0 Å². The summed E-state index contributed by atoms with van der Waals surface area (Å²) < 4.78 is 67.0. The van der Waals surface area contributed by atoms with E-state index in [9.17, 15) is 26.4 Å². The van der Waals surface area contributed by atoms with Gasteiger partial charge in [-0.25, -0.2) is 8.42 Å². The molecule has 0 atom stereocenters. The lowest BCUT2D eigenvalue weighted by molar-refractivity contribution is -0.140. The molecule has 2 aromatic carbocycles. The molecule has 2 aromatic rings. The van der Waals surface area contributed by atoms with E-state index in [4.69, 9.17) is 5.11 Å². The van der Waals surface area contributed by atoms with E-state index in [2.05, 4.69) is 0 Å². The van der Waals surface area contributed by atoms with Crippen molar-refractivity contribution in [3.63, 3.8) is 0 Å². The van der Waals surface area contributed by atoms with Crippen LogP contribution in [0.2, 0.25) is 0 Å². The molecule has 1 heterocycles. The summed E-state index contributed by atoms with van der Waals surface area (Å²) in [7, 11) is -4.47. The van der Waals surface area contributed by atoms with Crippen molar-refractivity contribution < 1.29 is 31.5 Å². The lowest BCUT2D eigenvalue weighted by Gasteiger charge is -2.31. The molecule has 1 aliphatic rings. The number of carbonyl (C=O) groups is 1. The highest BCUT2D eigenvalue weighted by Gasteiger charge is 2.39. The topological polar surface area (TPSA) is 74.7 Å². The molecule has 1 aliphatic heterocycles. The average Bonchev–Trinajstić information content (AvgIpc) is 2.60. The number of hydrogen-bond acceptors (Lipinski definition) is 3. The zero-order valence-electron chi connectivity index (χ0n) is 14.0. The molecule has 0 aliphatic carbocycles. The van der Waals surface area contributed by atoms with E-state index >= 15 is 0 Å². The number of fused-ring (bicyclic) bond motifs is 1. The number of carboxylic acids is 1. The number of alkyl halides is 3. The van der Waals surface area contributed by atoms with Crippen LogP contribution >= 0.6 is 0 Å². The van der Waals surface area contributed by atoms with Crippen molar-refractivity contribution in [3.05, 3.63) is 59.2 Å². The minimum absolute atomic E-state index is 0.0258. The van der Waals surface area contributed by atoms with Gasteiger partial charge in [-0.05, 0) is 42.2 Å². The van der Waals surface area contributed by atoms with Gasteiger partial charge < -0.3 is 5.11 Å². The molecule has 1 N–H and O–H groups in total. The maximum Gasteiger partial charge on any atom is 0.417 e. The third-order valence-electron chi connectivity index (χ3n) is 4.34. The van der Waals surface area contributed by atoms with Crippen molar-refractivity contribution in [3.8, 4) is 0 Å². The van der Waals surface area contributed by atoms with E-state index in [0.29, 0.717) is 24.0 Å². The van der Waals surface area contributed by atoms with E-state index in [-0.39, 0.29) is 18.7 Å². The first-order valence-electron chi connectivity index (χ1n) is 8.13. The predicted molar refractivity (Wildman–Crippen MR) is 92.1 cm³/mol. The van der Waals surface area contributed by atoms with Crippen LogP contribution in [-0.2, 0) is 33.8 Å². The summed E-state index contributed by atoms with van der Waals surface area (Å²) in [5.74, 6) is -1.08. The number of rotatable bonds is 4. The van der Waals surface area contributed by atoms with E-state index in [1.807, 2.05) is 0 Å². The SMILES string of the molecule is O=C(O)Cc1ccc2c(c1)N(S(=O)(=O)c1ccccc1C(F)(F)F)CCC2. The Bertz CT molecular complexity index is 986. The van der Waals surface area contributed by atoms with Gasteiger partial charge >= 0.3 is 12.1 Å². The highest BCUT2D eigenvalue weighted by molar-refractivity contribution is 7.92. The second-order valence-corrected chi connectivity index (χ2v) is 8.04. The van der Waals surface area contributed by atoms with Gasteiger partial charge in [-0.15, -0.1) is 0 Å². The van der Waals surface area contributed by atoms with Crippen molar-refractivity contribution in [1.29, 1.82) is 0 Å². The van der Waals surface area contributed by atoms with Gasteiger partial charge in [-0.3, -0.25) is 9.10 Å². The van der Waals surface area contributed by atoms with Crippen LogP contribution in [0.1, 0.15) is 23.1 Å². The van der Waals surface area contributed by atoms with Crippen molar-refractivity contribution in [2.24, 2.45) is 0 Å². The van der Waals surface area contributed by atoms with Crippen molar-refractivity contribution in [2.75, 3.05) is 10.8 Å². The van der Waals surface area contributed by atoms with E-state index in [0.717, 1.165) is 22.5 Å². The van der Waals surface area contributed by atoms with E-state index in [1.54, 1.807) is 12.1 Å². The Morgan fingerprint density at radius 3 is 2.52 bits per heavy atom. The van der Waals surface area contributed by atoms with Crippen molar-refractivity contribution in [1.82, 2.24) is 0 Å². The predicted octanol–water partition coefficient (Wildman–Crippen LogP) is 3.47. The molecule has 0 bridgehead atoms. The van der Waals surface area contributed by atoms with Crippen LogP contribution < -0.4 is 4.31 Å². The fourth-order valence-electron chi connectivity index (χ4n) is 3.17. The second-order valence-electron chi connectivity index (χ2n) is 6.21. The first kappa shape index (κ1) is 19.2.